The Bertz CT molecular complexity index is 751. The van der Waals surface area contributed by atoms with Crippen LogP contribution in [0.4, 0.5) is 4.39 Å². The minimum atomic E-state index is -0.252. The molecule has 0 aliphatic carbocycles. The van der Waals surface area contributed by atoms with Gasteiger partial charge in [-0.3, -0.25) is 4.79 Å². The number of ether oxygens (including phenoxy) is 1. The van der Waals surface area contributed by atoms with Gasteiger partial charge in [0.2, 0.25) is 5.91 Å². The Morgan fingerprint density at radius 2 is 1.92 bits per heavy atom. The number of aliphatic hydroxyl groups is 1. The van der Waals surface area contributed by atoms with E-state index >= 15 is 0 Å². The highest BCUT2D eigenvalue weighted by Crippen LogP contribution is 2.33. The van der Waals surface area contributed by atoms with E-state index in [4.69, 9.17) is 4.74 Å². The molecule has 138 valence electrons. The highest BCUT2D eigenvalue weighted by Gasteiger charge is 2.40. The van der Waals surface area contributed by atoms with E-state index in [1.165, 1.54) is 13.2 Å². The average Bonchev–Trinajstić information content (AvgIpc) is 2.62. The van der Waals surface area contributed by atoms with E-state index in [0.29, 0.717) is 12.1 Å². The first-order valence-electron chi connectivity index (χ1n) is 8.61. The standard InChI is InChI=1S/C20H23FN2O3/c1-26-12-19(25)22-10-17-20(18(11-24)23-17)14-8-6-13(7-9-14)15-4-2-3-5-16(15)21/h2-9,17-18,20,23-24H,10-12H2,1H3,(H,22,25)/t17-,18-,20+/m1/s1. The zero-order valence-electron chi connectivity index (χ0n) is 14.6. The van der Waals surface area contributed by atoms with Crippen LogP contribution in [0.2, 0.25) is 0 Å². The van der Waals surface area contributed by atoms with Crippen molar-refractivity contribution in [3.63, 3.8) is 0 Å². The molecule has 3 atom stereocenters. The van der Waals surface area contributed by atoms with E-state index < -0.39 is 0 Å². The first-order valence-corrected chi connectivity index (χ1v) is 8.61. The molecule has 0 aromatic heterocycles. The summed E-state index contributed by atoms with van der Waals surface area (Å²) < 4.78 is 18.7. The monoisotopic (exact) mass is 358 g/mol. The lowest BCUT2D eigenvalue weighted by molar-refractivity contribution is -0.125. The number of hydrogen-bond acceptors (Lipinski definition) is 4. The molecule has 6 heteroatoms. The summed E-state index contributed by atoms with van der Waals surface area (Å²) in [4.78, 5) is 11.6. The maximum atomic E-state index is 13.9. The molecule has 0 saturated carbocycles. The van der Waals surface area contributed by atoms with Gasteiger partial charge in [-0.15, -0.1) is 0 Å². The molecule has 1 fully saturated rings. The molecular weight excluding hydrogens is 335 g/mol. The van der Waals surface area contributed by atoms with Gasteiger partial charge in [0.1, 0.15) is 12.4 Å². The molecular formula is C20H23FN2O3. The second-order valence-corrected chi connectivity index (χ2v) is 6.43. The zero-order valence-corrected chi connectivity index (χ0v) is 14.6. The van der Waals surface area contributed by atoms with E-state index in [0.717, 1.165) is 11.1 Å². The fourth-order valence-electron chi connectivity index (χ4n) is 3.45. The minimum absolute atomic E-state index is 0.0161. The molecule has 3 N–H and O–H groups in total. The summed E-state index contributed by atoms with van der Waals surface area (Å²) in [6.07, 6.45) is 0. The summed E-state index contributed by atoms with van der Waals surface area (Å²) >= 11 is 0. The molecule has 1 saturated heterocycles. The lowest BCUT2D eigenvalue weighted by atomic mass is 9.77. The molecule has 2 aromatic carbocycles. The highest BCUT2D eigenvalue weighted by molar-refractivity contribution is 5.77. The third-order valence-corrected chi connectivity index (χ3v) is 4.77. The van der Waals surface area contributed by atoms with Crippen LogP contribution in [-0.2, 0) is 9.53 Å². The topological polar surface area (TPSA) is 70.6 Å². The first kappa shape index (κ1) is 18.5. The Labute approximate surface area is 152 Å². The van der Waals surface area contributed by atoms with E-state index in [1.54, 1.807) is 12.1 Å². The molecule has 2 aromatic rings. The smallest absolute Gasteiger partial charge is 0.246 e. The van der Waals surface area contributed by atoms with E-state index in [1.807, 2.05) is 30.3 Å². The average molecular weight is 358 g/mol. The van der Waals surface area contributed by atoms with Crippen LogP contribution in [0.1, 0.15) is 11.5 Å². The van der Waals surface area contributed by atoms with Crippen molar-refractivity contribution in [3.05, 3.63) is 59.9 Å². The summed E-state index contributed by atoms with van der Waals surface area (Å²) in [5.41, 5.74) is 2.42. The summed E-state index contributed by atoms with van der Waals surface area (Å²) in [7, 11) is 1.48. The SMILES string of the molecule is COCC(=O)NC[C@H]1N[C@H](CO)[C@H]1c1ccc(-c2ccccc2F)cc1. The Kier molecular flexibility index (Phi) is 5.98. The van der Waals surface area contributed by atoms with Crippen molar-refractivity contribution in [1.29, 1.82) is 0 Å². The van der Waals surface area contributed by atoms with Crippen LogP contribution < -0.4 is 10.6 Å². The number of amides is 1. The van der Waals surface area contributed by atoms with Crippen LogP contribution in [0.15, 0.2) is 48.5 Å². The molecule has 1 aliphatic heterocycles. The van der Waals surface area contributed by atoms with E-state index in [-0.39, 0.29) is 42.9 Å². The van der Waals surface area contributed by atoms with Gasteiger partial charge in [0.25, 0.3) is 0 Å². The normalized spacial score (nSPS) is 21.9. The van der Waals surface area contributed by atoms with Crippen molar-refractivity contribution in [2.24, 2.45) is 0 Å². The number of carbonyl (C=O) groups is 1. The number of hydrogen-bond donors (Lipinski definition) is 3. The van der Waals surface area contributed by atoms with Gasteiger partial charge in [-0.1, -0.05) is 42.5 Å². The van der Waals surface area contributed by atoms with Crippen LogP contribution in [-0.4, -0.2) is 50.0 Å². The molecule has 0 unspecified atom stereocenters. The van der Waals surface area contributed by atoms with Gasteiger partial charge in [-0.25, -0.2) is 4.39 Å². The van der Waals surface area contributed by atoms with Crippen molar-refractivity contribution in [1.82, 2.24) is 10.6 Å². The molecule has 5 nitrogen and oxygen atoms in total. The summed E-state index contributed by atoms with van der Waals surface area (Å²) in [5.74, 6) is -0.342. The number of rotatable bonds is 7. The Morgan fingerprint density at radius 1 is 1.19 bits per heavy atom. The number of aliphatic hydroxyl groups excluding tert-OH is 1. The molecule has 1 aliphatic rings. The van der Waals surface area contributed by atoms with Crippen LogP contribution in [0.25, 0.3) is 11.1 Å². The lowest BCUT2D eigenvalue weighted by Crippen LogP contribution is -2.64. The molecule has 26 heavy (non-hydrogen) atoms. The van der Waals surface area contributed by atoms with Gasteiger partial charge in [0.15, 0.2) is 0 Å². The van der Waals surface area contributed by atoms with Gasteiger partial charge in [0, 0.05) is 37.2 Å². The first-order chi connectivity index (χ1) is 12.6. The molecule has 3 rings (SSSR count). The second-order valence-electron chi connectivity index (χ2n) is 6.43. The lowest BCUT2D eigenvalue weighted by Gasteiger charge is -2.46. The van der Waals surface area contributed by atoms with Gasteiger partial charge in [-0.05, 0) is 17.2 Å². The summed E-state index contributed by atoms with van der Waals surface area (Å²) in [6.45, 7) is 0.499. The predicted molar refractivity (Wildman–Crippen MR) is 97.3 cm³/mol. The van der Waals surface area contributed by atoms with Gasteiger partial charge < -0.3 is 20.5 Å². The van der Waals surface area contributed by atoms with Gasteiger partial charge >= 0.3 is 0 Å². The maximum absolute atomic E-state index is 13.9. The minimum Gasteiger partial charge on any atom is -0.395 e. The fraction of sp³-hybridized carbons (Fsp3) is 0.350. The summed E-state index contributed by atoms with van der Waals surface area (Å²) in [5, 5.41) is 15.6. The molecule has 0 spiro atoms. The maximum Gasteiger partial charge on any atom is 0.246 e. The van der Waals surface area contributed by atoms with Crippen molar-refractivity contribution >= 4 is 5.91 Å². The van der Waals surface area contributed by atoms with Crippen molar-refractivity contribution in [2.45, 2.75) is 18.0 Å². The van der Waals surface area contributed by atoms with Crippen LogP contribution in [0, 0.1) is 5.82 Å². The molecule has 0 bridgehead atoms. The van der Waals surface area contributed by atoms with E-state index in [9.17, 15) is 14.3 Å². The number of carbonyl (C=O) groups excluding carboxylic acids is 1. The van der Waals surface area contributed by atoms with Crippen molar-refractivity contribution in [2.75, 3.05) is 26.9 Å². The third kappa shape index (κ3) is 3.93. The van der Waals surface area contributed by atoms with Crippen molar-refractivity contribution in [3.8, 4) is 11.1 Å². The second kappa shape index (κ2) is 8.40. The Morgan fingerprint density at radius 3 is 2.58 bits per heavy atom. The van der Waals surface area contributed by atoms with Gasteiger partial charge in [-0.2, -0.15) is 0 Å². The van der Waals surface area contributed by atoms with Crippen LogP contribution >= 0.6 is 0 Å². The summed E-state index contributed by atoms with van der Waals surface area (Å²) in [6, 6.07) is 14.3. The van der Waals surface area contributed by atoms with E-state index in [2.05, 4.69) is 10.6 Å². The Hall–Kier alpha value is -2.28. The number of benzene rings is 2. The van der Waals surface area contributed by atoms with Crippen LogP contribution in [0.5, 0.6) is 0 Å². The number of methoxy groups -OCH3 is 1. The molecule has 1 heterocycles. The highest BCUT2D eigenvalue weighted by atomic mass is 19.1. The Balaban J connectivity index is 1.71. The van der Waals surface area contributed by atoms with Gasteiger partial charge in [0.05, 0.1) is 6.61 Å². The zero-order chi connectivity index (χ0) is 18.5. The number of nitrogens with one attached hydrogen (secondary N) is 2. The molecule has 1 amide bonds. The largest absolute Gasteiger partial charge is 0.395 e. The number of halogens is 1. The molecule has 0 radical (unpaired) electrons. The van der Waals surface area contributed by atoms with Crippen molar-refractivity contribution < 1.29 is 19.0 Å². The predicted octanol–water partition coefficient (Wildman–Crippen LogP) is 1.67. The fourth-order valence-corrected chi connectivity index (χ4v) is 3.45. The van der Waals surface area contributed by atoms with Crippen LogP contribution in [0.3, 0.4) is 0 Å². The third-order valence-electron chi connectivity index (χ3n) is 4.77. The quantitative estimate of drug-likeness (QED) is 0.704.